The molecule has 10 heteroatoms. The summed E-state index contributed by atoms with van der Waals surface area (Å²) in [6, 6.07) is 10.7. The molecule has 0 bridgehead atoms. The number of nitrogens with zero attached hydrogens (tertiary/aromatic N) is 2. The number of carbonyl (C=O) groups is 1. The highest BCUT2D eigenvalue weighted by atomic mass is 16.5. The molecule has 0 fully saturated rings. The van der Waals surface area contributed by atoms with E-state index in [1.165, 1.54) is 12.3 Å². The van der Waals surface area contributed by atoms with Crippen LogP contribution in [0.4, 0.5) is 0 Å². The van der Waals surface area contributed by atoms with Crippen molar-refractivity contribution < 1.29 is 14.6 Å². The Balaban J connectivity index is 1.45. The molecule has 3 heterocycles. The number of carbonyl (C=O) groups excluding carboxylic acids is 1. The molecule has 1 unspecified atom stereocenters. The summed E-state index contributed by atoms with van der Waals surface area (Å²) < 4.78 is 6.61. The summed E-state index contributed by atoms with van der Waals surface area (Å²) in [6.45, 7) is 1.29. The summed E-state index contributed by atoms with van der Waals surface area (Å²) in [5.41, 5.74) is 1.66. The Bertz CT molecular complexity index is 1370. The number of aryl methyl sites for hydroxylation is 1. The molecule has 0 aliphatic heterocycles. The van der Waals surface area contributed by atoms with Gasteiger partial charge in [0, 0.05) is 35.1 Å². The first-order valence-electron chi connectivity index (χ1n) is 9.64. The van der Waals surface area contributed by atoms with Gasteiger partial charge in [0.25, 0.3) is 11.5 Å². The fourth-order valence-electron chi connectivity index (χ4n) is 3.33. The first kappa shape index (κ1) is 20.5. The van der Waals surface area contributed by atoms with Crippen LogP contribution in [0, 0.1) is 6.92 Å². The lowest BCUT2D eigenvalue weighted by molar-refractivity contribution is -0.0235. The van der Waals surface area contributed by atoms with Crippen LogP contribution in [0.5, 0.6) is 0 Å². The Kier molecular flexibility index (Phi) is 5.65. The van der Waals surface area contributed by atoms with Crippen molar-refractivity contribution in [3.05, 3.63) is 74.8 Å². The highest BCUT2D eigenvalue weighted by molar-refractivity contribution is 6.10. The first-order chi connectivity index (χ1) is 15.0. The maximum absolute atomic E-state index is 12.7. The van der Waals surface area contributed by atoms with Crippen molar-refractivity contribution in [3.8, 4) is 0 Å². The van der Waals surface area contributed by atoms with Gasteiger partial charge in [-0.1, -0.05) is 18.2 Å². The molecule has 1 amide bonds. The summed E-state index contributed by atoms with van der Waals surface area (Å²) in [6.07, 6.45) is 0.540. The van der Waals surface area contributed by atoms with E-state index >= 15 is 0 Å². The zero-order chi connectivity index (χ0) is 22.0. The van der Waals surface area contributed by atoms with Crippen LogP contribution in [0.1, 0.15) is 16.2 Å². The predicted octanol–water partition coefficient (Wildman–Crippen LogP) is 0.640. The summed E-state index contributed by atoms with van der Waals surface area (Å²) in [7, 11) is 0. The third kappa shape index (κ3) is 4.25. The van der Waals surface area contributed by atoms with Crippen LogP contribution in [0.25, 0.3) is 21.8 Å². The number of H-pyrrole nitrogens is 2. The predicted molar refractivity (Wildman–Crippen MR) is 114 cm³/mol. The number of ether oxygens (including phenoxy) is 1. The molecule has 1 aromatic carbocycles. The van der Waals surface area contributed by atoms with Gasteiger partial charge < -0.3 is 20.1 Å². The van der Waals surface area contributed by atoms with E-state index < -0.39 is 23.3 Å². The molecule has 4 aromatic rings. The Hall–Kier alpha value is -3.76. The molecule has 31 heavy (non-hydrogen) atoms. The number of hydrogen-bond donors (Lipinski definition) is 4. The molecule has 4 N–H and O–H groups in total. The molecular formula is C21H21N5O5. The molecule has 0 saturated heterocycles. The molecule has 0 aliphatic carbocycles. The van der Waals surface area contributed by atoms with Gasteiger partial charge in [0.05, 0.1) is 17.8 Å². The second kappa shape index (κ2) is 8.54. The van der Waals surface area contributed by atoms with Gasteiger partial charge in [-0.05, 0) is 19.1 Å². The number of amides is 1. The van der Waals surface area contributed by atoms with E-state index in [0.717, 1.165) is 26.4 Å². The largest absolute Gasteiger partial charge is 0.394 e. The molecule has 4 rings (SSSR count). The maximum Gasteiger partial charge on any atom is 0.330 e. The number of rotatable bonds is 7. The number of hydrogen-bond acceptors (Lipinski definition) is 6. The number of pyridine rings is 1. The molecule has 0 aliphatic rings. The Labute approximate surface area is 175 Å². The number of para-hydroxylation sites is 1. The number of nitrogens with one attached hydrogen (secondary N) is 3. The average molecular weight is 423 g/mol. The third-order valence-corrected chi connectivity index (χ3v) is 4.95. The quantitative estimate of drug-likeness (QED) is 0.344. The summed E-state index contributed by atoms with van der Waals surface area (Å²) in [5.74, 6) is -0.404. The molecule has 0 saturated carbocycles. The SMILES string of the molecule is Cc1nc(C(=O)NCC(CO)OCn2ccc(=O)[nH]c2=O)cc2c1[nH]c1ccccc12. The van der Waals surface area contributed by atoms with Crippen LogP contribution < -0.4 is 16.6 Å². The van der Waals surface area contributed by atoms with Gasteiger partial charge in [-0.3, -0.25) is 19.1 Å². The van der Waals surface area contributed by atoms with Crippen LogP contribution in [0.15, 0.2) is 52.2 Å². The average Bonchev–Trinajstić information content (AvgIpc) is 3.14. The van der Waals surface area contributed by atoms with Crippen molar-refractivity contribution in [3.63, 3.8) is 0 Å². The molecule has 10 nitrogen and oxygen atoms in total. The lowest BCUT2D eigenvalue weighted by Crippen LogP contribution is -2.38. The lowest BCUT2D eigenvalue weighted by Gasteiger charge is -2.16. The number of aliphatic hydroxyl groups is 1. The minimum atomic E-state index is -0.749. The number of aliphatic hydroxyl groups excluding tert-OH is 1. The summed E-state index contributed by atoms with van der Waals surface area (Å²) in [5, 5.41) is 14.1. The van der Waals surface area contributed by atoms with E-state index in [1.807, 2.05) is 31.2 Å². The molecule has 160 valence electrons. The fraction of sp³-hybridized carbons (Fsp3) is 0.238. The Morgan fingerprint density at radius 3 is 2.81 bits per heavy atom. The smallest absolute Gasteiger partial charge is 0.330 e. The van der Waals surface area contributed by atoms with E-state index in [9.17, 15) is 19.5 Å². The lowest BCUT2D eigenvalue weighted by atomic mass is 10.1. The van der Waals surface area contributed by atoms with Crippen molar-refractivity contribution in [2.45, 2.75) is 19.8 Å². The molecule has 0 radical (unpaired) electrons. The van der Waals surface area contributed by atoms with Crippen molar-refractivity contribution in [1.82, 2.24) is 24.8 Å². The van der Waals surface area contributed by atoms with E-state index in [4.69, 9.17) is 4.74 Å². The van der Waals surface area contributed by atoms with Crippen molar-refractivity contribution >= 4 is 27.7 Å². The van der Waals surface area contributed by atoms with Crippen LogP contribution in [-0.4, -0.2) is 49.8 Å². The van der Waals surface area contributed by atoms with Gasteiger partial charge in [-0.15, -0.1) is 0 Å². The van der Waals surface area contributed by atoms with Crippen LogP contribution in [-0.2, 0) is 11.5 Å². The van der Waals surface area contributed by atoms with E-state index in [-0.39, 0.29) is 25.6 Å². The maximum atomic E-state index is 12.7. The van der Waals surface area contributed by atoms with Gasteiger partial charge in [0.2, 0.25) is 0 Å². The first-order valence-corrected chi connectivity index (χ1v) is 9.64. The zero-order valence-corrected chi connectivity index (χ0v) is 16.7. The van der Waals surface area contributed by atoms with Gasteiger partial charge in [0.1, 0.15) is 18.5 Å². The van der Waals surface area contributed by atoms with Gasteiger partial charge in [-0.2, -0.15) is 0 Å². The highest BCUT2D eigenvalue weighted by Crippen LogP contribution is 2.27. The highest BCUT2D eigenvalue weighted by Gasteiger charge is 2.16. The van der Waals surface area contributed by atoms with Gasteiger partial charge in [-0.25, -0.2) is 9.78 Å². The van der Waals surface area contributed by atoms with Crippen molar-refractivity contribution in [2.75, 3.05) is 13.2 Å². The standard InChI is InChI=1S/C21H21N5O5/c1-12-19-15(14-4-2-3-5-16(14)24-19)8-17(23-12)20(29)22-9-13(10-27)31-11-26-7-6-18(28)25-21(26)30/h2-8,13,24,27H,9-11H2,1H3,(H,22,29)(H,25,28,30). The molecule has 0 spiro atoms. The number of aromatic amines is 2. The minimum Gasteiger partial charge on any atom is -0.394 e. The minimum absolute atomic E-state index is 0.0140. The van der Waals surface area contributed by atoms with Crippen molar-refractivity contribution in [1.29, 1.82) is 0 Å². The zero-order valence-electron chi connectivity index (χ0n) is 16.7. The monoisotopic (exact) mass is 423 g/mol. The van der Waals surface area contributed by atoms with E-state index in [1.54, 1.807) is 6.07 Å². The third-order valence-electron chi connectivity index (χ3n) is 4.95. The van der Waals surface area contributed by atoms with E-state index in [0.29, 0.717) is 5.69 Å². The molecule has 3 aromatic heterocycles. The summed E-state index contributed by atoms with van der Waals surface area (Å²) >= 11 is 0. The van der Waals surface area contributed by atoms with E-state index in [2.05, 4.69) is 20.3 Å². The van der Waals surface area contributed by atoms with Crippen molar-refractivity contribution in [2.24, 2.45) is 0 Å². The molecular weight excluding hydrogens is 402 g/mol. The van der Waals surface area contributed by atoms with Gasteiger partial charge >= 0.3 is 5.69 Å². The number of fused-ring (bicyclic) bond motifs is 3. The van der Waals surface area contributed by atoms with Crippen LogP contribution in [0.3, 0.4) is 0 Å². The second-order valence-electron chi connectivity index (χ2n) is 7.08. The van der Waals surface area contributed by atoms with Gasteiger partial charge in [0.15, 0.2) is 0 Å². The van der Waals surface area contributed by atoms with Crippen LogP contribution in [0.2, 0.25) is 0 Å². The Morgan fingerprint density at radius 1 is 1.23 bits per heavy atom. The molecule has 1 atom stereocenters. The number of benzene rings is 1. The number of aromatic nitrogens is 4. The Morgan fingerprint density at radius 2 is 2.03 bits per heavy atom. The normalized spacial score (nSPS) is 12.3. The van der Waals surface area contributed by atoms with Crippen LogP contribution >= 0.6 is 0 Å². The topological polar surface area (TPSA) is 142 Å². The fourth-order valence-corrected chi connectivity index (χ4v) is 3.33. The second-order valence-corrected chi connectivity index (χ2v) is 7.08. The summed E-state index contributed by atoms with van der Waals surface area (Å²) in [4.78, 5) is 45.3.